The first-order chi connectivity index (χ1) is 7.18. The summed E-state index contributed by atoms with van der Waals surface area (Å²) in [6.07, 6.45) is 1.03. The van der Waals surface area contributed by atoms with Gasteiger partial charge in [0.2, 0.25) is 0 Å². The molecule has 0 radical (unpaired) electrons. The second-order valence-corrected chi connectivity index (χ2v) is 6.49. The van der Waals surface area contributed by atoms with E-state index in [1.165, 1.54) is 5.57 Å². The van der Waals surface area contributed by atoms with Gasteiger partial charge in [-0.05, 0) is 25.8 Å². The number of hydrogen-bond donors (Lipinski definition) is 1. The largest absolute Gasteiger partial charge is 0.380 e. The molecule has 0 aliphatic rings. The Morgan fingerprint density at radius 3 is 2.06 bits per heavy atom. The lowest BCUT2D eigenvalue weighted by Gasteiger charge is -2.29. The summed E-state index contributed by atoms with van der Waals surface area (Å²) in [5, 5.41) is 3.19. The van der Waals surface area contributed by atoms with Crippen molar-refractivity contribution in [2.45, 2.75) is 41.0 Å². The van der Waals surface area contributed by atoms with Gasteiger partial charge in [-0.2, -0.15) is 0 Å². The Hall–Kier alpha value is -0.340. The molecule has 0 saturated carbocycles. The molecular formula is C14H29NO. The number of ether oxygens (including phenoxy) is 1. The second kappa shape index (κ2) is 6.41. The molecule has 0 saturated heterocycles. The predicted octanol–water partition coefficient (Wildman–Crippen LogP) is 3.24. The summed E-state index contributed by atoms with van der Waals surface area (Å²) in [4.78, 5) is 0. The lowest BCUT2D eigenvalue weighted by molar-refractivity contribution is 0.0162. The third-order valence-electron chi connectivity index (χ3n) is 2.42. The van der Waals surface area contributed by atoms with Crippen LogP contribution in [0.5, 0.6) is 0 Å². The van der Waals surface area contributed by atoms with Gasteiger partial charge in [-0.15, -0.1) is 6.58 Å². The maximum absolute atomic E-state index is 5.84. The van der Waals surface area contributed by atoms with Gasteiger partial charge < -0.3 is 10.1 Å². The molecule has 0 rings (SSSR count). The molecule has 0 amide bonds. The van der Waals surface area contributed by atoms with Crippen molar-refractivity contribution in [3.63, 3.8) is 0 Å². The first-order valence-corrected chi connectivity index (χ1v) is 6.05. The number of nitrogens with one attached hydrogen (secondary N) is 1. The van der Waals surface area contributed by atoms with E-state index in [0.29, 0.717) is 0 Å². The summed E-state index contributed by atoms with van der Waals surface area (Å²) in [7, 11) is 1.98. The van der Waals surface area contributed by atoms with Crippen LogP contribution in [0.25, 0.3) is 0 Å². The lowest BCUT2D eigenvalue weighted by atomic mass is 9.87. The lowest BCUT2D eigenvalue weighted by Crippen LogP contribution is -2.33. The zero-order valence-corrected chi connectivity index (χ0v) is 11.9. The normalized spacial score (nSPS) is 12.9. The fourth-order valence-corrected chi connectivity index (χ4v) is 2.00. The average molecular weight is 227 g/mol. The highest BCUT2D eigenvalue weighted by atomic mass is 16.5. The third-order valence-corrected chi connectivity index (χ3v) is 2.42. The van der Waals surface area contributed by atoms with E-state index in [1.54, 1.807) is 0 Å². The highest BCUT2D eigenvalue weighted by molar-refractivity contribution is 4.93. The van der Waals surface area contributed by atoms with Gasteiger partial charge in [0, 0.05) is 12.0 Å². The molecule has 0 aliphatic heterocycles. The van der Waals surface area contributed by atoms with Crippen molar-refractivity contribution < 1.29 is 4.74 Å². The Morgan fingerprint density at radius 2 is 1.62 bits per heavy atom. The smallest absolute Gasteiger partial charge is 0.0529 e. The van der Waals surface area contributed by atoms with E-state index in [2.05, 4.69) is 46.5 Å². The van der Waals surface area contributed by atoms with Crippen LogP contribution in [0, 0.1) is 10.8 Å². The van der Waals surface area contributed by atoms with E-state index in [4.69, 9.17) is 4.74 Å². The summed E-state index contributed by atoms with van der Waals surface area (Å²) in [5.41, 5.74) is 1.62. The van der Waals surface area contributed by atoms with E-state index in [9.17, 15) is 0 Å². The molecule has 0 atom stereocenters. The Bertz CT molecular complexity index is 219. The highest BCUT2D eigenvalue weighted by Gasteiger charge is 2.22. The molecule has 96 valence electrons. The summed E-state index contributed by atoms with van der Waals surface area (Å²) in [6.45, 7) is 17.5. The molecule has 0 heterocycles. The third kappa shape index (κ3) is 7.89. The summed E-state index contributed by atoms with van der Waals surface area (Å²) >= 11 is 0. The van der Waals surface area contributed by atoms with Crippen molar-refractivity contribution in [3.8, 4) is 0 Å². The fourth-order valence-electron chi connectivity index (χ4n) is 2.00. The van der Waals surface area contributed by atoms with E-state index >= 15 is 0 Å². The molecule has 0 aromatic heterocycles. The van der Waals surface area contributed by atoms with Crippen molar-refractivity contribution in [1.29, 1.82) is 0 Å². The molecule has 0 aromatic rings. The van der Waals surface area contributed by atoms with Crippen LogP contribution in [-0.4, -0.2) is 26.8 Å². The van der Waals surface area contributed by atoms with Gasteiger partial charge in [-0.3, -0.25) is 0 Å². The highest BCUT2D eigenvalue weighted by Crippen LogP contribution is 2.25. The van der Waals surface area contributed by atoms with Crippen molar-refractivity contribution in [3.05, 3.63) is 12.2 Å². The van der Waals surface area contributed by atoms with Gasteiger partial charge in [0.25, 0.3) is 0 Å². The van der Waals surface area contributed by atoms with Crippen LogP contribution < -0.4 is 5.32 Å². The Kier molecular flexibility index (Phi) is 6.27. The zero-order valence-electron chi connectivity index (χ0n) is 11.9. The quantitative estimate of drug-likeness (QED) is 0.643. The fraction of sp³-hybridized carbons (Fsp3) is 0.857. The molecule has 0 spiro atoms. The van der Waals surface area contributed by atoms with Crippen LogP contribution in [0.4, 0.5) is 0 Å². The topological polar surface area (TPSA) is 21.3 Å². The van der Waals surface area contributed by atoms with Crippen molar-refractivity contribution in [2.24, 2.45) is 10.8 Å². The monoisotopic (exact) mass is 227 g/mol. The van der Waals surface area contributed by atoms with Gasteiger partial charge in [0.05, 0.1) is 13.2 Å². The molecule has 0 unspecified atom stereocenters. The molecule has 0 fully saturated rings. The molecule has 2 nitrogen and oxygen atoms in total. The maximum Gasteiger partial charge on any atom is 0.0529 e. The van der Waals surface area contributed by atoms with Crippen LogP contribution >= 0.6 is 0 Å². The van der Waals surface area contributed by atoms with Gasteiger partial charge in [0.15, 0.2) is 0 Å². The van der Waals surface area contributed by atoms with Crippen LogP contribution in [-0.2, 0) is 4.74 Å². The van der Waals surface area contributed by atoms with Crippen LogP contribution in [0.1, 0.15) is 41.0 Å². The maximum atomic E-state index is 5.84. The molecule has 1 N–H and O–H groups in total. The standard InChI is InChI=1S/C14H29NO/c1-12(2)8-13(3,4)10-16-11-14(5,6)9-15-7/h15H,1,8-11H2,2-7H3. The van der Waals surface area contributed by atoms with Crippen LogP contribution in [0.15, 0.2) is 12.2 Å². The summed E-state index contributed by atoms with van der Waals surface area (Å²) in [6, 6.07) is 0. The van der Waals surface area contributed by atoms with E-state index in [0.717, 1.165) is 26.2 Å². The first kappa shape index (κ1) is 15.7. The molecule has 0 bridgehead atoms. The molecule has 0 aliphatic carbocycles. The molecular weight excluding hydrogens is 198 g/mol. The number of hydrogen-bond acceptors (Lipinski definition) is 2. The minimum absolute atomic E-state index is 0.196. The Balaban J connectivity index is 3.92. The SMILES string of the molecule is C=C(C)CC(C)(C)COCC(C)(C)CNC. The van der Waals surface area contributed by atoms with Crippen molar-refractivity contribution >= 4 is 0 Å². The number of allylic oxidation sites excluding steroid dienone is 1. The van der Waals surface area contributed by atoms with Crippen molar-refractivity contribution in [1.82, 2.24) is 5.32 Å². The zero-order chi connectivity index (χ0) is 12.8. The minimum Gasteiger partial charge on any atom is -0.380 e. The van der Waals surface area contributed by atoms with Gasteiger partial charge in [0.1, 0.15) is 0 Å². The van der Waals surface area contributed by atoms with Crippen LogP contribution in [0.2, 0.25) is 0 Å². The van der Waals surface area contributed by atoms with E-state index < -0.39 is 0 Å². The van der Waals surface area contributed by atoms with Gasteiger partial charge >= 0.3 is 0 Å². The molecule has 2 heteroatoms. The van der Waals surface area contributed by atoms with Gasteiger partial charge in [-0.1, -0.05) is 33.3 Å². The van der Waals surface area contributed by atoms with E-state index in [-0.39, 0.29) is 10.8 Å². The van der Waals surface area contributed by atoms with Gasteiger partial charge in [-0.25, -0.2) is 0 Å². The predicted molar refractivity (Wildman–Crippen MR) is 71.7 cm³/mol. The Labute approximate surface area is 101 Å². The number of rotatable bonds is 8. The average Bonchev–Trinajstić information content (AvgIpc) is 1.99. The molecule has 16 heavy (non-hydrogen) atoms. The molecule has 0 aromatic carbocycles. The van der Waals surface area contributed by atoms with E-state index in [1.807, 2.05) is 7.05 Å². The summed E-state index contributed by atoms with van der Waals surface area (Å²) in [5.74, 6) is 0. The van der Waals surface area contributed by atoms with Crippen LogP contribution in [0.3, 0.4) is 0 Å². The minimum atomic E-state index is 0.196. The summed E-state index contributed by atoms with van der Waals surface area (Å²) < 4.78 is 5.84. The second-order valence-electron chi connectivity index (χ2n) is 6.49. The first-order valence-electron chi connectivity index (χ1n) is 6.05. The Morgan fingerprint density at radius 1 is 1.12 bits per heavy atom. The van der Waals surface area contributed by atoms with Crippen molar-refractivity contribution in [2.75, 3.05) is 26.8 Å².